The van der Waals surface area contributed by atoms with Gasteiger partial charge in [0.1, 0.15) is 6.04 Å². The molecule has 0 spiro atoms. The van der Waals surface area contributed by atoms with Crippen LogP contribution in [0.2, 0.25) is 0 Å². The standard InChI is InChI=1S/C15H16N2O4/c1-3-11(15(19)20)17-14(18)12-13(21-9(2)16-12)10-7-5-4-6-8-10/h4-8,11H,3H2,1-2H3,(H,17,18)(H,19,20)/t11-/m0/s1. The zero-order valence-electron chi connectivity index (χ0n) is 11.8. The van der Waals surface area contributed by atoms with Crippen LogP contribution in [0.3, 0.4) is 0 Å². The summed E-state index contributed by atoms with van der Waals surface area (Å²) in [6.45, 7) is 3.32. The third kappa shape index (κ3) is 3.28. The van der Waals surface area contributed by atoms with E-state index in [2.05, 4.69) is 10.3 Å². The highest BCUT2D eigenvalue weighted by atomic mass is 16.4. The fourth-order valence-corrected chi connectivity index (χ4v) is 1.93. The fourth-order valence-electron chi connectivity index (χ4n) is 1.93. The van der Waals surface area contributed by atoms with E-state index in [0.29, 0.717) is 23.6 Å². The van der Waals surface area contributed by atoms with Crippen molar-refractivity contribution in [2.24, 2.45) is 0 Å². The molecule has 2 N–H and O–H groups in total. The average molecular weight is 288 g/mol. The Morgan fingerprint density at radius 3 is 2.57 bits per heavy atom. The maximum atomic E-state index is 12.2. The first-order valence-electron chi connectivity index (χ1n) is 6.59. The van der Waals surface area contributed by atoms with E-state index < -0.39 is 17.9 Å². The summed E-state index contributed by atoms with van der Waals surface area (Å²) in [4.78, 5) is 27.3. The molecule has 2 rings (SSSR count). The Morgan fingerprint density at radius 2 is 2.00 bits per heavy atom. The van der Waals surface area contributed by atoms with E-state index >= 15 is 0 Å². The summed E-state index contributed by atoms with van der Waals surface area (Å²) in [7, 11) is 0. The maximum absolute atomic E-state index is 12.2. The Hall–Kier alpha value is -2.63. The Morgan fingerprint density at radius 1 is 1.33 bits per heavy atom. The van der Waals surface area contributed by atoms with Crippen LogP contribution < -0.4 is 5.32 Å². The van der Waals surface area contributed by atoms with Gasteiger partial charge in [0.05, 0.1) is 0 Å². The van der Waals surface area contributed by atoms with Gasteiger partial charge in [-0.05, 0) is 6.42 Å². The number of carboxylic acid groups (broad SMARTS) is 1. The lowest BCUT2D eigenvalue weighted by molar-refractivity contribution is -0.139. The van der Waals surface area contributed by atoms with Crippen LogP contribution in [-0.2, 0) is 4.79 Å². The molecule has 6 nitrogen and oxygen atoms in total. The first kappa shape index (κ1) is 14.8. The number of hydrogen-bond acceptors (Lipinski definition) is 4. The predicted octanol–water partition coefficient (Wildman–Crippen LogP) is 2.24. The quantitative estimate of drug-likeness (QED) is 0.880. The fraction of sp³-hybridized carbons (Fsp3) is 0.267. The lowest BCUT2D eigenvalue weighted by atomic mass is 10.1. The second-order valence-electron chi connectivity index (χ2n) is 4.55. The van der Waals surface area contributed by atoms with Crippen molar-refractivity contribution in [3.05, 3.63) is 41.9 Å². The number of nitrogens with zero attached hydrogens (tertiary/aromatic N) is 1. The summed E-state index contributed by atoms with van der Waals surface area (Å²) in [6.07, 6.45) is 0.290. The lowest BCUT2D eigenvalue weighted by Crippen LogP contribution is -2.40. The third-order valence-electron chi connectivity index (χ3n) is 3.00. The van der Waals surface area contributed by atoms with Gasteiger partial charge in [-0.15, -0.1) is 0 Å². The third-order valence-corrected chi connectivity index (χ3v) is 3.00. The van der Waals surface area contributed by atoms with Crippen molar-refractivity contribution in [2.75, 3.05) is 0 Å². The summed E-state index contributed by atoms with van der Waals surface area (Å²) >= 11 is 0. The minimum atomic E-state index is -1.08. The molecule has 0 saturated heterocycles. The number of rotatable bonds is 5. The van der Waals surface area contributed by atoms with Gasteiger partial charge in [-0.25, -0.2) is 9.78 Å². The normalized spacial score (nSPS) is 11.9. The van der Waals surface area contributed by atoms with Crippen LogP contribution in [0.4, 0.5) is 0 Å². The molecule has 0 unspecified atom stereocenters. The van der Waals surface area contributed by atoms with Gasteiger partial charge in [0.25, 0.3) is 5.91 Å². The van der Waals surface area contributed by atoms with Crippen LogP contribution >= 0.6 is 0 Å². The van der Waals surface area contributed by atoms with Gasteiger partial charge < -0.3 is 14.8 Å². The average Bonchev–Trinajstić information content (AvgIpc) is 2.87. The van der Waals surface area contributed by atoms with Gasteiger partial charge in [-0.2, -0.15) is 0 Å². The molecular weight excluding hydrogens is 272 g/mol. The van der Waals surface area contributed by atoms with Crippen LogP contribution in [-0.4, -0.2) is 28.0 Å². The Bertz CT molecular complexity index is 649. The van der Waals surface area contributed by atoms with Gasteiger partial charge in [0, 0.05) is 12.5 Å². The summed E-state index contributed by atoms with van der Waals surface area (Å²) in [5.74, 6) is -0.944. The van der Waals surface area contributed by atoms with E-state index in [1.807, 2.05) is 18.2 Å². The number of hydrogen-bond donors (Lipinski definition) is 2. The minimum absolute atomic E-state index is 0.0957. The predicted molar refractivity (Wildman–Crippen MR) is 75.9 cm³/mol. The zero-order valence-corrected chi connectivity index (χ0v) is 11.8. The second-order valence-corrected chi connectivity index (χ2v) is 4.55. The van der Waals surface area contributed by atoms with Gasteiger partial charge in [0.2, 0.25) is 0 Å². The van der Waals surface area contributed by atoms with E-state index in [9.17, 15) is 9.59 Å². The molecule has 1 aromatic heterocycles. The van der Waals surface area contributed by atoms with Crippen molar-refractivity contribution in [3.8, 4) is 11.3 Å². The number of aromatic nitrogens is 1. The number of aliphatic carboxylic acids is 1. The van der Waals surface area contributed by atoms with E-state index in [0.717, 1.165) is 0 Å². The van der Waals surface area contributed by atoms with Crippen molar-refractivity contribution < 1.29 is 19.1 Å². The number of carbonyl (C=O) groups is 2. The van der Waals surface area contributed by atoms with Crippen molar-refractivity contribution in [1.29, 1.82) is 0 Å². The van der Waals surface area contributed by atoms with Crippen LogP contribution in [0.5, 0.6) is 0 Å². The first-order valence-corrected chi connectivity index (χ1v) is 6.59. The first-order chi connectivity index (χ1) is 10.0. The molecule has 0 fully saturated rings. The monoisotopic (exact) mass is 288 g/mol. The summed E-state index contributed by atoms with van der Waals surface area (Å²) < 4.78 is 5.48. The van der Waals surface area contributed by atoms with Crippen LogP contribution in [0.1, 0.15) is 29.7 Å². The van der Waals surface area contributed by atoms with Crippen molar-refractivity contribution in [1.82, 2.24) is 10.3 Å². The molecule has 0 aliphatic heterocycles. The number of oxazole rings is 1. The second kappa shape index (κ2) is 6.21. The molecule has 21 heavy (non-hydrogen) atoms. The highest BCUT2D eigenvalue weighted by molar-refractivity contribution is 5.99. The molecular formula is C15H16N2O4. The molecule has 0 bridgehead atoms. The molecule has 0 saturated carbocycles. The van der Waals surface area contributed by atoms with E-state index in [4.69, 9.17) is 9.52 Å². The van der Waals surface area contributed by atoms with Crippen molar-refractivity contribution >= 4 is 11.9 Å². The molecule has 1 aromatic carbocycles. The number of aryl methyl sites for hydroxylation is 1. The number of carbonyl (C=O) groups excluding carboxylic acids is 1. The van der Waals surface area contributed by atoms with Gasteiger partial charge >= 0.3 is 5.97 Å². The van der Waals surface area contributed by atoms with E-state index in [1.165, 1.54) is 0 Å². The molecule has 0 radical (unpaired) electrons. The molecule has 6 heteroatoms. The highest BCUT2D eigenvalue weighted by Gasteiger charge is 2.24. The van der Waals surface area contributed by atoms with Gasteiger partial charge in [-0.1, -0.05) is 37.3 Å². The largest absolute Gasteiger partial charge is 0.480 e. The van der Waals surface area contributed by atoms with E-state index in [-0.39, 0.29) is 5.69 Å². The number of amides is 1. The molecule has 1 amide bonds. The molecule has 0 aliphatic carbocycles. The smallest absolute Gasteiger partial charge is 0.326 e. The zero-order chi connectivity index (χ0) is 15.4. The van der Waals surface area contributed by atoms with E-state index in [1.54, 1.807) is 26.0 Å². The lowest BCUT2D eigenvalue weighted by Gasteiger charge is -2.11. The molecule has 1 heterocycles. The Kier molecular flexibility index (Phi) is 4.37. The number of nitrogens with one attached hydrogen (secondary N) is 1. The van der Waals surface area contributed by atoms with Gasteiger partial charge in [0.15, 0.2) is 17.3 Å². The van der Waals surface area contributed by atoms with Gasteiger partial charge in [-0.3, -0.25) is 4.79 Å². The molecule has 0 aliphatic rings. The summed E-state index contributed by atoms with van der Waals surface area (Å²) in [5, 5.41) is 11.4. The van der Waals surface area contributed by atoms with Crippen molar-refractivity contribution in [2.45, 2.75) is 26.3 Å². The topological polar surface area (TPSA) is 92.4 Å². The number of benzene rings is 1. The molecule has 110 valence electrons. The summed E-state index contributed by atoms with van der Waals surface area (Å²) in [5.41, 5.74) is 0.810. The number of carboxylic acids is 1. The Balaban J connectivity index is 2.32. The molecule has 2 aromatic rings. The Labute approximate surface area is 121 Å². The van der Waals surface area contributed by atoms with Crippen LogP contribution in [0, 0.1) is 6.92 Å². The van der Waals surface area contributed by atoms with Crippen molar-refractivity contribution in [3.63, 3.8) is 0 Å². The molecule has 1 atom stereocenters. The minimum Gasteiger partial charge on any atom is -0.480 e. The summed E-state index contributed by atoms with van der Waals surface area (Å²) in [6, 6.07) is 8.14. The van der Waals surface area contributed by atoms with Crippen LogP contribution in [0.15, 0.2) is 34.7 Å². The maximum Gasteiger partial charge on any atom is 0.326 e. The van der Waals surface area contributed by atoms with Crippen LogP contribution in [0.25, 0.3) is 11.3 Å². The highest BCUT2D eigenvalue weighted by Crippen LogP contribution is 2.24. The SMILES string of the molecule is CC[C@H](NC(=O)c1nc(C)oc1-c1ccccc1)C(=O)O.